The van der Waals surface area contributed by atoms with E-state index in [9.17, 15) is 18.9 Å². The van der Waals surface area contributed by atoms with Gasteiger partial charge in [0, 0.05) is 10.6 Å². The first-order chi connectivity index (χ1) is 13.5. The fourth-order valence-electron chi connectivity index (χ4n) is 3.37. The largest absolute Gasteiger partial charge is 0.614 e. The van der Waals surface area contributed by atoms with Crippen molar-refractivity contribution in [3.8, 4) is 0 Å². The van der Waals surface area contributed by atoms with Crippen molar-refractivity contribution in [3.63, 3.8) is 0 Å². The quantitative estimate of drug-likeness (QED) is 0.333. The lowest BCUT2D eigenvalue weighted by atomic mass is 9.98. The lowest BCUT2D eigenvalue weighted by Crippen LogP contribution is -2.78. The van der Waals surface area contributed by atoms with Gasteiger partial charge in [-0.05, 0) is 49.6 Å². The summed E-state index contributed by atoms with van der Waals surface area (Å²) < 4.78 is 18.0. The van der Waals surface area contributed by atoms with Gasteiger partial charge in [-0.2, -0.15) is 0 Å². The standard InChI is InChI=1S/C20H23ClN2O5S/c1-11-10-29(27)18-15(22-14(24)9-12-5-7-13(21)8-6-12)17(25)23(18)16(11)19(26)28-20(2,3)4/h5-8,15-16,18H,1,9-10H2,2-4H3,(H,22,24)/t15?,16?,18-,29?/m0/s1. The van der Waals surface area contributed by atoms with Crippen LogP contribution in [-0.4, -0.2) is 56.0 Å². The highest BCUT2D eigenvalue weighted by atomic mass is 35.5. The summed E-state index contributed by atoms with van der Waals surface area (Å²) in [6.07, 6.45) is 0.0580. The molecule has 4 atom stereocenters. The van der Waals surface area contributed by atoms with Crippen molar-refractivity contribution >= 4 is 40.6 Å². The Morgan fingerprint density at radius 3 is 2.55 bits per heavy atom. The first-order valence-electron chi connectivity index (χ1n) is 9.11. The average Bonchev–Trinajstić information content (AvgIpc) is 2.59. The summed E-state index contributed by atoms with van der Waals surface area (Å²) in [4.78, 5) is 38.9. The third kappa shape index (κ3) is 4.60. The van der Waals surface area contributed by atoms with Gasteiger partial charge in [-0.1, -0.05) is 30.3 Å². The van der Waals surface area contributed by atoms with Crippen molar-refractivity contribution in [2.75, 3.05) is 5.75 Å². The number of halogens is 1. The molecule has 2 fully saturated rings. The number of nitrogens with zero attached hydrogens (tertiary/aromatic N) is 1. The minimum atomic E-state index is -1.47. The summed E-state index contributed by atoms with van der Waals surface area (Å²) in [5, 5.41) is 2.43. The molecule has 2 heterocycles. The third-order valence-electron chi connectivity index (χ3n) is 4.57. The number of rotatable bonds is 4. The van der Waals surface area contributed by atoms with Crippen LogP contribution in [0.25, 0.3) is 0 Å². The smallest absolute Gasteiger partial charge is 0.334 e. The SMILES string of the molecule is C=C1C[S+]([O-])[C@H]2C(NC(=O)Cc3ccc(Cl)cc3)C(=O)N2C1C(=O)OC(C)(C)C. The maximum Gasteiger partial charge on any atom is 0.334 e. The van der Waals surface area contributed by atoms with Gasteiger partial charge in [-0.15, -0.1) is 0 Å². The highest BCUT2D eigenvalue weighted by Crippen LogP contribution is 2.37. The Bertz CT molecular complexity index is 851. The molecule has 29 heavy (non-hydrogen) atoms. The molecule has 3 unspecified atom stereocenters. The van der Waals surface area contributed by atoms with Crippen LogP contribution in [0.15, 0.2) is 36.4 Å². The highest BCUT2D eigenvalue weighted by Gasteiger charge is 2.63. The zero-order valence-electron chi connectivity index (χ0n) is 16.4. The van der Waals surface area contributed by atoms with E-state index in [0.29, 0.717) is 10.6 Å². The van der Waals surface area contributed by atoms with Crippen molar-refractivity contribution in [3.05, 3.63) is 47.0 Å². The first kappa shape index (κ1) is 21.7. The fourth-order valence-corrected chi connectivity index (χ4v) is 5.15. The second kappa shape index (κ2) is 8.01. The normalized spacial score (nSPS) is 26.4. The van der Waals surface area contributed by atoms with Gasteiger partial charge in [0.05, 0.1) is 6.42 Å². The maximum absolute atomic E-state index is 12.7. The van der Waals surface area contributed by atoms with Gasteiger partial charge in [-0.25, -0.2) is 4.79 Å². The maximum atomic E-state index is 12.7. The van der Waals surface area contributed by atoms with E-state index in [1.807, 2.05) is 0 Å². The monoisotopic (exact) mass is 438 g/mol. The van der Waals surface area contributed by atoms with Crippen LogP contribution in [0.5, 0.6) is 0 Å². The molecule has 2 aliphatic rings. The van der Waals surface area contributed by atoms with Gasteiger partial charge in [-0.3, -0.25) is 14.5 Å². The Kier molecular flexibility index (Phi) is 5.98. The Morgan fingerprint density at radius 2 is 1.97 bits per heavy atom. The predicted molar refractivity (Wildman–Crippen MR) is 110 cm³/mol. The van der Waals surface area contributed by atoms with Gasteiger partial charge in [0.2, 0.25) is 11.3 Å². The van der Waals surface area contributed by atoms with Crippen LogP contribution in [0, 0.1) is 0 Å². The molecule has 2 amide bonds. The van der Waals surface area contributed by atoms with Crippen LogP contribution in [0.4, 0.5) is 0 Å². The number of benzene rings is 1. The van der Waals surface area contributed by atoms with E-state index < -0.39 is 46.1 Å². The second-order valence-electron chi connectivity index (χ2n) is 8.10. The van der Waals surface area contributed by atoms with E-state index in [1.165, 1.54) is 4.90 Å². The van der Waals surface area contributed by atoms with E-state index in [2.05, 4.69) is 11.9 Å². The van der Waals surface area contributed by atoms with Crippen LogP contribution >= 0.6 is 11.6 Å². The van der Waals surface area contributed by atoms with Crippen molar-refractivity contribution in [1.82, 2.24) is 10.2 Å². The number of fused-ring (bicyclic) bond motifs is 1. The molecule has 156 valence electrons. The van der Waals surface area contributed by atoms with Crippen molar-refractivity contribution < 1.29 is 23.7 Å². The number of ether oxygens (including phenoxy) is 1. The zero-order chi connectivity index (χ0) is 21.5. The number of β-lactam (4-membered cyclic amide) rings is 1. The molecule has 3 rings (SSSR count). The van der Waals surface area contributed by atoms with E-state index in [-0.39, 0.29) is 18.1 Å². The highest BCUT2D eigenvalue weighted by molar-refractivity contribution is 7.92. The molecule has 1 aromatic carbocycles. The van der Waals surface area contributed by atoms with E-state index >= 15 is 0 Å². The van der Waals surface area contributed by atoms with Crippen molar-refractivity contribution in [2.24, 2.45) is 0 Å². The van der Waals surface area contributed by atoms with E-state index in [4.69, 9.17) is 16.3 Å². The third-order valence-corrected chi connectivity index (χ3v) is 6.51. The Hall–Kier alpha value is -2.03. The van der Waals surface area contributed by atoms with E-state index in [1.54, 1.807) is 45.0 Å². The van der Waals surface area contributed by atoms with Crippen LogP contribution in [-0.2, 0) is 36.7 Å². The number of carbonyl (C=O) groups is 3. The van der Waals surface area contributed by atoms with Gasteiger partial charge >= 0.3 is 5.97 Å². The molecule has 0 bridgehead atoms. The van der Waals surface area contributed by atoms with Crippen LogP contribution in [0.1, 0.15) is 26.3 Å². The summed E-state index contributed by atoms with van der Waals surface area (Å²) in [6.45, 7) is 8.99. The van der Waals surface area contributed by atoms with Gasteiger partial charge in [0.15, 0.2) is 12.1 Å². The molecule has 7 nitrogen and oxygen atoms in total. The molecule has 0 radical (unpaired) electrons. The van der Waals surface area contributed by atoms with Crippen molar-refractivity contribution in [1.29, 1.82) is 0 Å². The molecule has 1 aromatic rings. The Balaban J connectivity index is 1.70. The number of carbonyl (C=O) groups excluding carboxylic acids is 3. The molecule has 0 saturated carbocycles. The summed E-state index contributed by atoms with van der Waals surface area (Å²) in [5.74, 6) is -1.38. The average molecular weight is 439 g/mol. The minimum Gasteiger partial charge on any atom is -0.614 e. The topological polar surface area (TPSA) is 98.8 Å². The van der Waals surface area contributed by atoms with Crippen LogP contribution < -0.4 is 5.32 Å². The van der Waals surface area contributed by atoms with Gasteiger partial charge in [0.25, 0.3) is 5.91 Å². The molecule has 2 aliphatic heterocycles. The number of hydrogen-bond donors (Lipinski definition) is 1. The van der Waals surface area contributed by atoms with Crippen LogP contribution in [0.2, 0.25) is 5.02 Å². The number of amides is 2. The van der Waals surface area contributed by atoms with Crippen molar-refractivity contribution in [2.45, 2.75) is 50.3 Å². The van der Waals surface area contributed by atoms with E-state index in [0.717, 1.165) is 5.56 Å². The molecule has 9 heteroatoms. The molecule has 0 aliphatic carbocycles. The lowest BCUT2D eigenvalue weighted by Gasteiger charge is -2.52. The molecule has 2 saturated heterocycles. The molecule has 0 aromatic heterocycles. The zero-order valence-corrected chi connectivity index (χ0v) is 18.0. The Labute approximate surface area is 177 Å². The summed E-state index contributed by atoms with van der Waals surface area (Å²) >= 11 is 4.37. The fraction of sp³-hybridized carbons (Fsp3) is 0.450. The van der Waals surface area contributed by atoms with Crippen LogP contribution in [0.3, 0.4) is 0 Å². The molecule has 0 spiro atoms. The first-order valence-corrected chi connectivity index (χ1v) is 10.9. The number of esters is 1. The summed E-state index contributed by atoms with van der Waals surface area (Å²) in [5.41, 5.74) is 0.372. The Morgan fingerprint density at radius 1 is 1.34 bits per heavy atom. The van der Waals surface area contributed by atoms with Gasteiger partial charge in [0.1, 0.15) is 11.4 Å². The minimum absolute atomic E-state index is 0.0580. The molecule has 1 N–H and O–H groups in total. The summed E-state index contributed by atoms with van der Waals surface area (Å²) in [6, 6.07) is 4.86. The predicted octanol–water partition coefficient (Wildman–Crippen LogP) is 1.56. The van der Waals surface area contributed by atoms with Gasteiger partial charge < -0.3 is 14.6 Å². The summed E-state index contributed by atoms with van der Waals surface area (Å²) in [7, 11) is 0. The number of nitrogens with one attached hydrogen (secondary N) is 1. The molecular weight excluding hydrogens is 416 g/mol. The second-order valence-corrected chi connectivity index (χ2v) is 10.1. The number of hydrogen-bond acceptors (Lipinski definition) is 5. The molecular formula is C20H23ClN2O5S. The lowest BCUT2D eigenvalue weighted by molar-refractivity contribution is -0.170.